The Bertz CT molecular complexity index is 606. The molecule has 1 aromatic heterocycles. The highest BCUT2D eigenvalue weighted by molar-refractivity contribution is 5.98. The second-order valence-electron chi connectivity index (χ2n) is 4.02. The molecule has 4 nitrogen and oxygen atoms in total. The highest BCUT2D eigenvalue weighted by atomic mass is 16.4. The molecule has 0 atom stereocenters. The van der Waals surface area contributed by atoms with Gasteiger partial charge in [-0.1, -0.05) is 12.1 Å². The van der Waals surface area contributed by atoms with E-state index in [4.69, 9.17) is 5.11 Å². The van der Waals surface area contributed by atoms with Gasteiger partial charge in [0.15, 0.2) is 0 Å². The molecule has 0 spiro atoms. The van der Waals surface area contributed by atoms with Gasteiger partial charge in [-0.2, -0.15) is 0 Å². The van der Waals surface area contributed by atoms with Gasteiger partial charge in [0.25, 0.3) is 0 Å². The summed E-state index contributed by atoms with van der Waals surface area (Å²) in [6.07, 6.45) is 0. The summed E-state index contributed by atoms with van der Waals surface area (Å²) >= 11 is 0. The molecule has 4 heteroatoms. The predicted octanol–water partition coefficient (Wildman–Crippen LogP) is 2.59. The zero-order valence-corrected chi connectivity index (χ0v) is 10.0. The van der Waals surface area contributed by atoms with Crippen LogP contribution in [0.15, 0.2) is 18.2 Å². The monoisotopic (exact) mass is 230 g/mol. The van der Waals surface area contributed by atoms with Crippen molar-refractivity contribution in [2.24, 2.45) is 0 Å². The van der Waals surface area contributed by atoms with Crippen molar-refractivity contribution in [3.8, 4) is 0 Å². The van der Waals surface area contributed by atoms with Gasteiger partial charge in [-0.15, -0.1) is 0 Å². The Labute approximate surface area is 99.3 Å². The molecule has 1 aromatic carbocycles. The summed E-state index contributed by atoms with van der Waals surface area (Å²) in [6, 6.07) is 5.53. The van der Waals surface area contributed by atoms with Gasteiger partial charge in [-0.3, -0.25) is 0 Å². The zero-order valence-electron chi connectivity index (χ0n) is 10.0. The van der Waals surface area contributed by atoms with Crippen LogP contribution in [-0.2, 0) is 0 Å². The Balaban J connectivity index is 2.83. The molecule has 17 heavy (non-hydrogen) atoms. The van der Waals surface area contributed by atoms with Crippen LogP contribution in [0.4, 0.5) is 5.82 Å². The third-order valence-electron chi connectivity index (χ3n) is 2.98. The number of nitrogens with one attached hydrogen (secondary N) is 1. The summed E-state index contributed by atoms with van der Waals surface area (Å²) in [5.74, 6) is -0.569. The van der Waals surface area contributed by atoms with Gasteiger partial charge in [0.1, 0.15) is 11.4 Å². The molecule has 0 aliphatic rings. The summed E-state index contributed by atoms with van der Waals surface area (Å²) in [5.41, 5.74) is 3.27. The Kier molecular flexibility index (Phi) is 2.71. The first-order valence-electron chi connectivity index (χ1n) is 5.36. The minimum absolute atomic E-state index is 0.197. The van der Waals surface area contributed by atoms with Crippen LogP contribution in [0.2, 0.25) is 0 Å². The molecular formula is C13H14N2O2. The topological polar surface area (TPSA) is 62.2 Å². The molecule has 2 rings (SSSR count). The van der Waals surface area contributed by atoms with Crippen LogP contribution in [0.25, 0.3) is 10.9 Å². The molecule has 0 fully saturated rings. The van der Waals surface area contributed by atoms with E-state index in [1.165, 1.54) is 0 Å². The second-order valence-corrected chi connectivity index (χ2v) is 4.02. The van der Waals surface area contributed by atoms with E-state index in [2.05, 4.69) is 10.3 Å². The third kappa shape index (κ3) is 1.82. The number of nitrogens with zero attached hydrogens (tertiary/aromatic N) is 1. The third-order valence-corrected chi connectivity index (χ3v) is 2.98. The molecule has 0 aliphatic carbocycles. The quantitative estimate of drug-likeness (QED) is 0.832. The lowest BCUT2D eigenvalue weighted by atomic mass is 10.0. The molecule has 0 saturated heterocycles. The lowest BCUT2D eigenvalue weighted by Crippen LogP contribution is -2.05. The highest BCUT2D eigenvalue weighted by Gasteiger charge is 2.13. The van der Waals surface area contributed by atoms with Crippen molar-refractivity contribution in [3.63, 3.8) is 0 Å². The number of carboxylic acids is 1. The normalized spacial score (nSPS) is 10.5. The van der Waals surface area contributed by atoms with Gasteiger partial charge in [-0.05, 0) is 31.0 Å². The van der Waals surface area contributed by atoms with Crippen LogP contribution < -0.4 is 5.32 Å². The van der Waals surface area contributed by atoms with E-state index in [1.807, 2.05) is 26.0 Å². The fourth-order valence-corrected chi connectivity index (χ4v) is 1.84. The fourth-order valence-electron chi connectivity index (χ4n) is 1.84. The number of aryl methyl sites for hydroxylation is 2. The zero-order chi connectivity index (χ0) is 12.6. The number of benzene rings is 1. The van der Waals surface area contributed by atoms with Crippen LogP contribution >= 0.6 is 0 Å². The van der Waals surface area contributed by atoms with Crippen molar-refractivity contribution < 1.29 is 9.90 Å². The Morgan fingerprint density at radius 2 is 2.06 bits per heavy atom. The summed E-state index contributed by atoms with van der Waals surface area (Å²) in [6.45, 7) is 4.01. The van der Waals surface area contributed by atoms with E-state index in [9.17, 15) is 4.79 Å². The number of pyridine rings is 1. The SMILES string of the molecule is CNc1nc2c(C)c(C)ccc2cc1C(=O)O. The Morgan fingerprint density at radius 3 is 2.65 bits per heavy atom. The largest absolute Gasteiger partial charge is 0.478 e. The molecule has 2 aromatic rings. The predicted molar refractivity (Wildman–Crippen MR) is 67.7 cm³/mol. The first-order chi connectivity index (χ1) is 8.04. The van der Waals surface area contributed by atoms with Crippen LogP contribution in [-0.4, -0.2) is 23.1 Å². The van der Waals surface area contributed by atoms with Crippen molar-refractivity contribution in [1.29, 1.82) is 0 Å². The van der Waals surface area contributed by atoms with Crippen molar-refractivity contribution in [2.45, 2.75) is 13.8 Å². The van der Waals surface area contributed by atoms with E-state index in [1.54, 1.807) is 13.1 Å². The highest BCUT2D eigenvalue weighted by Crippen LogP contribution is 2.24. The number of aromatic nitrogens is 1. The van der Waals surface area contributed by atoms with Crippen molar-refractivity contribution >= 4 is 22.7 Å². The van der Waals surface area contributed by atoms with Crippen LogP contribution in [0.1, 0.15) is 21.5 Å². The molecule has 0 saturated carbocycles. The van der Waals surface area contributed by atoms with Crippen molar-refractivity contribution in [1.82, 2.24) is 4.98 Å². The molecule has 0 bridgehead atoms. The molecule has 1 heterocycles. The lowest BCUT2D eigenvalue weighted by molar-refractivity contribution is 0.0698. The van der Waals surface area contributed by atoms with E-state index in [-0.39, 0.29) is 5.56 Å². The van der Waals surface area contributed by atoms with Gasteiger partial charge in [-0.25, -0.2) is 9.78 Å². The summed E-state index contributed by atoms with van der Waals surface area (Å²) in [4.78, 5) is 15.5. The number of carbonyl (C=O) groups is 1. The average molecular weight is 230 g/mol. The van der Waals surface area contributed by atoms with Crippen molar-refractivity contribution in [2.75, 3.05) is 12.4 Å². The van der Waals surface area contributed by atoms with Gasteiger partial charge in [0, 0.05) is 12.4 Å². The average Bonchev–Trinajstić information content (AvgIpc) is 2.32. The van der Waals surface area contributed by atoms with Crippen LogP contribution in [0, 0.1) is 13.8 Å². The first kappa shape index (κ1) is 11.4. The molecule has 0 amide bonds. The second kappa shape index (κ2) is 4.05. The van der Waals surface area contributed by atoms with Gasteiger partial charge < -0.3 is 10.4 Å². The van der Waals surface area contributed by atoms with Crippen molar-refractivity contribution in [3.05, 3.63) is 34.9 Å². The number of fused-ring (bicyclic) bond motifs is 1. The van der Waals surface area contributed by atoms with Crippen LogP contribution in [0.3, 0.4) is 0 Å². The number of hydrogen-bond donors (Lipinski definition) is 2. The summed E-state index contributed by atoms with van der Waals surface area (Å²) in [7, 11) is 1.67. The van der Waals surface area contributed by atoms with E-state index >= 15 is 0 Å². The first-order valence-corrected chi connectivity index (χ1v) is 5.36. The number of hydrogen-bond acceptors (Lipinski definition) is 3. The maximum atomic E-state index is 11.1. The standard InChI is InChI=1S/C13H14N2O2/c1-7-4-5-9-6-10(13(16)17)12(14-3)15-11(9)8(7)2/h4-6H,1-3H3,(H,14,15)(H,16,17). The molecular weight excluding hydrogens is 216 g/mol. The Morgan fingerprint density at radius 1 is 1.35 bits per heavy atom. The smallest absolute Gasteiger partial charge is 0.339 e. The lowest BCUT2D eigenvalue weighted by Gasteiger charge is -2.09. The molecule has 88 valence electrons. The number of aromatic carboxylic acids is 1. The fraction of sp³-hybridized carbons (Fsp3) is 0.231. The van der Waals surface area contributed by atoms with Gasteiger partial charge in [0.2, 0.25) is 0 Å². The minimum atomic E-state index is -0.970. The van der Waals surface area contributed by atoms with Crippen LogP contribution in [0.5, 0.6) is 0 Å². The maximum Gasteiger partial charge on any atom is 0.339 e. The molecule has 0 radical (unpaired) electrons. The molecule has 0 unspecified atom stereocenters. The Hall–Kier alpha value is -2.10. The summed E-state index contributed by atoms with van der Waals surface area (Å²) in [5, 5.41) is 12.8. The number of carboxylic acid groups (broad SMARTS) is 1. The molecule has 0 aliphatic heterocycles. The molecule has 2 N–H and O–H groups in total. The number of rotatable bonds is 2. The maximum absolute atomic E-state index is 11.1. The van der Waals surface area contributed by atoms with E-state index in [0.717, 1.165) is 22.0 Å². The minimum Gasteiger partial charge on any atom is -0.478 e. The van der Waals surface area contributed by atoms with Gasteiger partial charge in [0.05, 0.1) is 5.52 Å². The van der Waals surface area contributed by atoms with E-state index in [0.29, 0.717) is 5.82 Å². The summed E-state index contributed by atoms with van der Waals surface area (Å²) < 4.78 is 0. The number of anilines is 1. The van der Waals surface area contributed by atoms with E-state index < -0.39 is 5.97 Å². The van der Waals surface area contributed by atoms with Gasteiger partial charge >= 0.3 is 5.97 Å².